The van der Waals surface area contributed by atoms with Crippen molar-refractivity contribution in [1.29, 1.82) is 0 Å². The number of carbonyl (C=O) groups is 1. The standard InChI is InChI=1S/C13H17BrN2O2.ClH/c1-8-5-10(6-9(2)12(8)14)16-13(17)11-7-18-4-3-15-11;/h5-6,11,15H,3-4,7H2,1-2H3,(H,16,17);1H. The van der Waals surface area contributed by atoms with E-state index in [1.807, 2.05) is 26.0 Å². The molecule has 0 bridgehead atoms. The molecule has 0 spiro atoms. The van der Waals surface area contributed by atoms with Gasteiger partial charge < -0.3 is 15.4 Å². The Labute approximate surface area is 127 Å². The Bertz CT molecular complexity index is 439. The molecule has 0 saturated carbocycles. The average molecular weight is 350 g/mol. The zero-order valence-electron chi connectivity index (χ0n) is 11.0. The number of anilines is 1. The Kier molecular flexibility index (Phi) is 6.26. The van der Waals surface area contributed by atoms with Gasteiger partial charge in [-0.25, -0.2) is 0 Å². The summed E-state index contributed by atoms with van der Waals surface area (Å²) in [5.41, 5.74) is 3.04. The Morgan fingerprint density at radius 2 is 2.05 bits per heavy atom. The summed E-state index contributed by atoms with van der Waals surface area (Å²) in [4.78, 5) is 12.0. The van der Waals surface area contributed by atoms with Gasteiger partial charge in [0, 0.05) is 16.7 Å². The summed E-state index contributed by atoms with van der Waals surface area (Å²) in [6, 6.07) is 3.65. The number of aryl methyl sites for hydroxylation is 2. The second-order valence-electron chi connectivity index (χ2n) is 4.49. The molecule has 2 rings (SSSR count). The third-order valence-electron chi connectivity index (χ3n) is 2.94. The zero-order chi connectivity index (χ0) is 13.1. The van der Waals surface area contributed by atoms with Gasteiger partial charge in [0.25, 0.3) is 0 Å². The van der Waals surface area contributed by atoms with Crippen molar-refractivity contribution >= 4 is 39.9 Å². The number of benzene rings is 1. The van der Waals surface area contributed by atoms with Crippen LogP contribution in [0.2, 0.25) is 0 Å². The van der Waals surface area contributed by atoms with E-state index in [1.165, 1.54) is 0 Å². The molecule has 1 atom stereocenters. The molecule has 1 aromatic carbocycles. The van der Waals surface area contributed by atoms with Crippen LogP contribution in [0.5, 0.6) is 0 Å². The third kappa shape index (κ3) is 4.18. The maximum absolute atomic E-state index is 12.0. The molecule has 1 fully saturated rings. The van der Waals surface area contributed by atoms with Gasteiger partial charge >= 0.3 is 0 Å². The molecule has 0 aliphatic carbocycles. The SMILES string of the molecule is Cc1cc(NC(=O)C2COCCN2)cc(C)c1Br.Cl. The lowest BCUT2D eigenvalue weighted by molar-refractivity contribution is -0.120. The van der Waals surface area contributed by atoms with E-state index in [1.54, 1.807) is 0 Å². The highest BCUT2D eigenvalue weighted by atomic mass is 79.9. The average Bonchev–Trinajstić information content (AvgIpc) is 2.37. The molecule has 0 aromatic heterocycles. The molecule has 2 N–H and O–H groups in total. The van der Waals surface area contributed by atoms with Crippen molar-refractivity contribution < 1.29 is 9.53 Å². The first-order valence-corrected chi connectivity index (χ1v) is 6.76. The van der Waals surface area contributed by atoms with Gasteiger partial charge in [-0.3, -0.25) is 4.79 Å². The first-order valence-electron chi connectivity index (χ1n) is 5.96. The number of carbonyl (C=O) groups excluding carboxylic acids is 1. The first kappa shape index (κ1) is 16.4. The molecule has 1 heterocycles. The number of ether oxygens (including phenoxy) is 1. The van der Waals surface area contributed by atoms with E-state index >= 15 is 0 Å². The van der Waals surface area contributed by atoms with Crippen LogP contribution in [-0.2, 0) is 9.53 Å². The fraction of sp³-hybridized carbons (Fsp3) is 0.462. The third-order valence-corrected chi connectivity index (χ3v) is 4.19. The van der Waals surface area contributed by atoms with Gasteiger partial charge in [0.05, 0.1) is 13.2 Å². The van der Waals surface area contributed by atoms with Crippen LogP contribution in [0.1, 0.15) is 11.1 Å². The summed E-state index contributed by atoms with van der Waals surface area (Å²) < 4.78 is 6.36. The molecule has 19 heavy (non-hydrogen) atoms. The van der Waals surface area contributed by atoms with Gasteiger partial charge in [0.15, 0.2) is 0 Å². The smallest absolute Gasteiger partial charge is 0.243 e. The Balaban J connectivity index is 0.00000180. The Morgan fingerprint density at radius 3 is 2.58 bits per heavy atom. The number of morpholine rings is 1. The largest absolute Gasteiger partial charge is 0.378 e. The first-order chi connectivity index (χ1) is 8.58. The molecular formula is C13H18BrClN2O2. The van der Waals surface area contributed by atoms with Crippen molar-refractivity contribution in [2.45, 2.75) is 19.9 Å². The lowest BCUT2D eigenvalue weighted by Crippen LogP contribution is -2.48. The van der Waals surface area contributed by atoms with Crippen molar-refractivity contribution in [1.82, 2.24) is 5.32 Å². The van der Waals surface area contributed by atoms with Gasteiger partial charge in [-0.05, 0) is 37.1 Å². The summed E-state index contributed by atoms with van der Waals surface area (Å²) >= 11 is 3.51. The van der Waals surface area contributed by atoms with E-state index in [0.717, 1.165) is 27.8 Å². The monoisotopic (exact) mass is 348 g/mol. The Hall–Kier alpha value is -0.620. The highest BCUT2D eigenvalue weighted by Crippen LogP contribution is 2.25. The molecule has 1 unspecified atom stereocenters. The Morgan fingerprint density at radius 1 is 1.42 bits per heavy atom. The zero-order valence-corrected chi connectivity index (χ0v) is 13.4. The van der Waals surface area contributed by atoms with Crippen molar-refractivity contribution in [3.63, 3.8) is 0 Å². The summed E-state index contributed by atoms with van der Waals surface area (Å²) in [5.74, 6) is -0.0455. The van der Waals surface area contributed by atoms with Gasteiger partial charge in [0.1, 0.15) is 6.04 Å². The predicted molar refractivity (Wildman–Crippen MR) is 82.1 cm³/mol. The van der Waals surface area contributed by atoms with E-state index in [-0.39, 0.29) is 24.4 Å². The predicted octanol–water partition coefficient (Wildman–Crippen LogP) is 2.41. The molecule has 106 valence electrons. The van der Waals surface area contributed by atoms with Gasteiger partial charge in [0.2, 0.25) is 5.91 Å². The van der Waals surface area contributed by atoms with Crippen LogP contribution < -0.4 is 10.6 Å². The van der Waals surface area contributed by atoms with E-state index in [0.29, 0.717) is 13.2 Å². The van der Waals surface area contributed by atoms with Crippen LogP contribution >= 0.6 is 28.3 Å². The highest BCUT2D eigenvalue weighted by Gasteiger charge is 2.21. The summed E-state index contributed by atoms with van der Waals surface area (Å²) in [6.07, 6.45) is 0. The molecule has 4 nitrogen and oxygen atoms in total. The maximum atomic E-state index is 12.0. The summed E-state index contributed by atoms with van der Waals surface area (Å²) in [7, 11) is 0. The molecule has 1 aliphatic heterocycles. The maximum Gasteiger partial charge on any atom is 0.243 e. The molecule has 1 aromatic rings. The number of halogens is 2. The van der Waals surface area contributed by atoms with Gasteiger partial charge in [-0.2, -0.15) is 0 Å². The number of amides is 1. The van der Waals surface area contributed by atoms with E-state index in [2.05, 4.69) is 26.6 Å². The number of rotatable bonds is 2. The van der Waals surface area contributed by atoms with E-state index < -0.39 is 0 Å². The van der Waals surface area contributed by atoms with Crippen molar-refractivity contribution in [3.05, 3.63) is 27.7 Å². The lowest BCUT2D eigenvalue weighted by atomic mass is 10.1. The quantitative estimate of drug-likeness (QED) is 0.862. The fourth-order valence-electron chi connectivity index (χ4n) is 1.98. The normalized spacial score (nSPS) is 18.6. The summed E-state index contributed by atoms with van der Waals surface area (Å²) in [5, 5.41) is 6.05. The van der Waals surface area contributed by atoms with E-state index in [9.17, 15) is 4.79 Å². The van der Waals surface area contributed by atoms with Crippen molar-refractivity contribution in [3.8, 4) is 0 Å². The second kappa shape index (κ2) is 7.24. The second-order valence-corrected chi connectivity index (χ2v) is 5.29. The van der Waals surface area contributed by atoms with Crippen molar-refractivity contribution in [2.24, 2.45) is 0 Å². The number of hydrogen-bond acceptors (Lipinski definition) is 3. The van der Waals surface area contributed by atoms with Crippen LogP contribution in [0.4, 0.5) is 5.69 Å². The molecule has 0 radical (unpaired) electrons. The minimum Gasteiger partial charge on any atom is -0.378 e. The van der Waals surface area contributed by atoms with Crippen LogP contribution in [-0.4, -0.2) is 31.7 Å². The fourth-order valence-corrected chi connectivity index (χ4v) is 2.21. The van der Waals surface area contributed by atoms with Gasteiger partial charge in [-0.15, -0.1) is 12.4 Å². The topological polar surface area (TPSA) is 50.4 Å². The number of nitrogens with one attached hydrogen (secondary N) is 2. The summed E-state index contributed by atoms with van der Waals surface area (Å²) in [6.45, 7) is 5.83. The molecule has 1 saturated heterocycles. The van der Waals surface area contributed by atoms with Crippen molar-refractivity contribution in [2.75, 3.05) is 25.1 Å². The number of hydrogen-bond donors (Lipinski definition) is 2. The van der Waals surface area contributed by atoms with Crippen LogP contribution in [0.3, 0.4) is 0 Å². The molecular weight excluding hydrogens is 332 g/mol. The molecule has 1 amide bonds. The minimum atomic E-state index is -0.261. The van der Waals surface area contributed by atoms with Gasteiger partial charge in [-0.1, -0.05) is 15.9 Å². The lowest BCUT2D eigenvalue weighted by Gasteiger charge is -2.23. The highest BCUT2D eigenvalue weighted by molar-refractivity contribution is 9.10. The van der Waals surface area contributed by atoms with E-state index in [4.69, 9.17) is 4.74 Å². The van der Waals surface area contributed by atoms with Crippen LogP contribution in [0.25, 0.3) is 0 Å². The molecule has 1 aliphatic rings. The molecule has 6 heteroatoms. The minimum absolute atomic E-state index is 0. The van der Waals surface area contributed by atoms with Crippen LogP contribution in [0, 0.1) is 13.8 Å². The van der Waals surface area contributed by atoms with Crippen LogP contribution in [0.15, 0.2) is 16.6 Å².